The van der Waals surface area contributed by atoms with Gasteiger partial charge in [0, 0.05) is 0 Å². The Kier molecular flexibility index (Phi) is 5.40. The van der Waals surface area contributed by atoms with Crippen LogP contribution in [0.25, 0.3) is 0 Å². The molecule has 4 heteroatoms. The fourth-order valence-electron chi connectivity index (χ4n) is 4.07. The summed E-state index contributed by atoms with van der Waals surface area (Å²) in [5.41, 5.74) is 1.94. The molecule has 0 radical (unpaired) electrons. The van der Waals surface area contributed by atoms with Crippen LogP contribution in [0, 0.1) is 5.41 Å². The monoisotopic (exact) mass is 352 g/mol. The van der Waals surface area contributed by atoms with Crippen LogP contribution in [0.3, 0.4) is 0 Å². The molecule has 0 bridgehead atoms. The number of hydrogen-bond acceptors (Lipinski definition) is 3. The molecule has 2 aromatic rings. The van der Waals surface area contributed by atoms with Gasteiger partial charge in [0.1, 0.15) is 0 Å². The molecule has 0 aliphatic heterocycles. The zero-order valence-electron chi connectivity index (χ0n) is 15.0. The van der Waals surface area contributed by atoms with Crippen molar-refractivity contribution in [2.75, 3.05) is 7.11 Å². The minimum Gasteiger partial charge on any atom is -0.481 e. The van der Waals surface area contributed by atoms with Crippen LogP contribution >= 0.6 is 0 Å². The van der Waals surface area contributed by atoms with E-state index in [0.717, 1.165) is 24.0 Å². The van der Waals surface area contributed by atoms with E-state index >= 15 is 0 Å². The van der Waals surface area contributed by atoms with Crippen LogP contribution in [-0.4, -0.2) is 24.2 Å². The SMILES string of the molecule is COC(=O)c1ccc(C2CCCC(Cc3ccccc3)(C(=O)O)C2)cc1. The van der Waals surface area contributed by atoms with E-state index in [1.165, 1.54) is 7.11 Å². The molecule has 2 atom stereocenters. The molecular weight excluding hydrogens is 328 g/mol. The molecule has 26 heavy (non-hydrogen) atoms. The number of carboxylic acid groups (broad SMARTS) is 1. The van der Waals surface area contributed by atoms with E-state index in [2.05, 4.69) is 0 Å². The number of carbonyl (C=O) groups excluding carboxylic acids is 1. The van der Waals surface area contributed by atoms with Crippen molar-refractivity contribution in [3.63, 3.8) is 0 Å². The van der Waals surface area contributed by atoms with Crippen LogP contribution in [0.5, 0.6) is 0 Å². The molecule has 0 spiro atoms. The summed E-state index contributed by atoms with van der Waals surface area (Å²) < 4.78 is 4.74. The van der Waals surface area contributed by atoms with Gasteiger partial charge in [-0.2, -0.15) is 0 Å². The van der Waals surface area contributed by atoms with E-state index in [0.29, 0.717) is 24.8 Å². The van der Waals surface area contributed by atoms with Gasteiger partial charge in [-0.15, -0.1) is 0 Å². The number of carboxylic acids is 1. The van der Waals surface area contributed by atoms with Gasteiger partial charge >= 0.3 is 11.9 Å². The first kappa shape index (κ1) is 18.2. The maximum Gasteiger partial charge on any atom is 0.337 e. The van der Waals surface area contributed by atoms with Crippen molar-refractivity contribution in [3.05, 3.63) is 71.3 Å². The van der Waals surface area contributed by atoms with Gasteiger partial charge in [0.2, 0.25) is 0 Å². The van der Waals surface area contributed by atoms with Crippen LogP contribution in [-0.2, 0) is 16.0 Å². The van der Waals surface area contributed by atoms with Crippen molar-refractivity contribution in [1.82, 2.24) is 0 Å². The highest BCUT2D eigenvalue weighted by Crippen LogP contribution is 2.46. The Morgan fingerprint density at radius 3 is 2.42 bits per heavy atom. The molecule has 3 rings (SSSR count). The summed E-state index contributed by atoms with van der Waals surface area (Å²) in [4.78, 5) is 23.8. The maximum atomic E-state index is 12.2. The van der Waals surface area contributed by atoms with Crippen molar-refractivity contribution in [2.45, 2.75) is 38.0 Å². The summed E-state index contributed by atoms with van der Waals surface area (Å²) in [7, 11) is 1.36. The average Bonchev–Trinajstić information content (AvgIpc) is 2.68. The van der Waals surface area contributed by atoms with Gasteiger partial charge in [0.25, 0.3) is 0 Å². The van der Waals surface area contributed by atoms with Gasteiger partial charge in [0.15, 0.2) is 0 Å². The fraction of sp³-hybridized carbons (Fsp3) is 0.364. The van der Waals surface area contributed by atoms with Crippen LogP contribution in [0.1, 0.15) is 53.1 Å². The van der Waals surface area contributed by atoms with E-state index < -0.39 is 11.4 Å². The normalized spacial score (nSPS) is 22.6. The predicted molar refractivity (Wildman–Crippen MR) is 99.2 cm³/mol. The maximum absolute atomic E-state index is 12.2. The summed E-state index contributed by atoms with van der Waals surface area (Å²) in [6, 6.07) is 17.2. The van der Waals surface area contributed by atoms with Gasteiger partial charge < -0.3 is 9.84 Å². The largest absolute Gasteiger partial charge is 0.481 e. The van der Waals surface area contributed by atoms with Gasteiger partial charge in [-0.3, -0.25) is 4.79 Å². The second-order valence-corrected chi connectivity index (χ2v) is 7.15. The Bertz CT molecular complexity index is 766. The second-order valence-electron chi connectivity index (χ2n) is 7.15. The Balaban J connectivity index is 1.82. The van der Waals surface area contributed by atoms with Crippen molar-refractivity contribution in [2.24, 2.45) is 5.41 Å². The van der Waals surface area contributed by atoms with Crippen molar-refractivity contribution >= 4 is 11.9 Å². The van der Waals surface area contributed by atoms with E-state index in [9.17, 15) is 14.7 Å². The highest BCUT2D eigenvalue weighted by Gasteiger charge is 2.43. The summed E-state index contributed by atoms with van der Waals surface area (Å²) in [6.45, 7) is 0. The molecule has 1 aliphatic rings. The number of rotatable bonds is 5. The smallest absolute Gasteiger partial charge is 0.337 e. The first-order valence-electron chi connectivity index (χ1n) is 9.00. The lowest BCUT2D eigenvalue weighted by Gasteiger charge is -2.38. The van der Waals surface area contributed by atoms with E-state index in [1.807, 2.05) is 42.5 Å². The first-order valence-corrected chi connectivity index (χ1v) is 9.00. The number of hydrogen-bond donors (Lipinski definition) is 1. The molecule has 0 saturated heterocycles. The van der Waals surface area contributed by atoms with E-state index in [1.54, 1.807) is 12.1 Å². The van der Waals surface area contributed by atoms with Crippen LogP contribution < -0.4 is 0 Å². The highest BCUT2D eigenvalue weighted by atomic mass is 16.5. The molecule has 0 aromatic heterocycles. The molecule has 0 heterocycles. The van der Waals surface area contributed by atoms with E-state index in [4.69, 9.17) is 4.74 Å². The van der Waals surface area contributed by atoms with Gasteiger partial charge in [-0.25, -0.2) is 4.79 Å². The third-order valence-corrected chi connectivity index (χ3v) is 5.49. The highest BCUT2D eigenvalue weighted by molar-refractivity contribution is 5.89. The van der Waals surface area contributed by atoms with Gasteiger partial charge in [0.05, 0.1) is 18.1 Å². The number of aliphatic carboxylic acids is 1. The average molecular weight is 352 g/mol. The lowest BCUT2D eigenvalue weighted by Crippen LogP contribution is -2.38. The number of methoxy groups -OCH3 is 1. The van der Waals surface area contributed by atoms with Gasteiger partial charge in [-0.1, -0.05) is 48.9 Å². The Morgan fingerprint density at radius 1 is 1.12 bits per heavy atom. The zero-order valence-corrected chi connectivity index (χ0v) is 15.0. The molecular formula is C22H24O4. The second kappa shape index (κ2) is 7.73. The standard InChI is InChI=1S/C22H24O4/c1-26-20(23)18-11-9-17(10-12-18)19-8-5-13-22(15-19,21(24)25)14-16-6-3-2-4-7-16/h2-4,6-7,9-12,19H,5,8,13-15H2,1H3,(H,24,25). The third-order valence-electron chi connectivity index (χ3n) is 5.49. The number of esters is 1. The minimum absolute atomic E-state index is 0.190. The van der Waals surface area contributed by atoms with Crippen LogP contribution in [0.2, 0.25) is 0 Å². The number of ether oxygens (including phenoxy) is 1. The summed E-state index contributed by atoms with van der Waals surface area (Å²) in [5, 5.41) is 10.0. The van der Waals surface area contributed by atoms with Crippen molar-refractivity contribution < 1.29 is 19.4 Å². The Labute approximate surface area is 153 Å². The predicted octanol–water partition coefficient (Wildman–Crippen LogP) is 4.44. The molecule has 1 fully saturated rings. The number of benzene rings is 2. The van der Waals surface area contributed by atoms with Crippen LogP contribution in [0.4, 0.5) is 0 Å². The summed E-state index contributed by atoms with van der Waals surface area (Å²) in [5.74, 6) is -0.878. The number of carbonyl (C=O) groups is 2. The summed E-state index contributed by atoms with van der Waals surface area (Å²) in [6.07, 6.45) is 3.74. The topological polar surface area (TPSA) is 63.6 Å². The lowest BCUT2D eigenvalue weighted by atomic mass is 9.65. The Hall–Kier alpha value is -2.62. The minimum atomic E-state index is -0.731. The molecule has 1 saturated carbocycles. The molecule has 1 aliphatic carbocycles. The fourth-order valence-corrected chi connectivity index (χ4v) is 4.07. The molecule has 136 valence electrons. The quantitative estimate of drug-likeness (QED) is 0.808. The van der Waals surface area contributed by atoms with Crippen molar-refractivity contribution in [1.29, 1.82) is 0 Å². The first-order chi connectivity index (χ1) is 12.5. The molecule has 1 N–H and O–H groups in total. The lowest BCUT2D eigenvalue weighted by molar-refractivity contribution is -0.151. The zero-order chi connectivity index (χ0) is 18.6. The van der Waals surface area contributed by atoms with Crippen LogP contribution in [0.15, 0.2) is 54.6 Å². The third kappa shape index (κ3) is 3.79. The molecule has 2 aromatic carbocycles. The van der Waals surface area contributed by atoms with Crippen molar-refractivity contribution in [3.8, 4) is 0 Å². The molecule has 0 amide bonds. The summed E-state index contributed by atoms with van der Waals surface area (Å²) >= 11 is 0. The Morgan fingerprint density at radius 2 is 1.81 bits per heavy atom. The van der Waals surface area contributed by atoms with E-state index in [-0.39, 0.29) is 11.9 Å². The van der Waals surface area contributed by atoms with Gasteiger partial charge in [-0.05, 0) is 54.9 Å². The molecule has 2 unspecified atom stereocenters. The molecule has 4 nitrogen and oxygen atoms in total.